The number of Topliss-reactive ketones (excluding diaryl/α,β-unsaturated/α-hetero) is 2. The summed E-state index contributed by atoms with van der Waals surface area (Å²) in [6, 6.07) is 0. The molecule has 0 aliphatic rings. The summed E-state index contributed by atoms with van der Waals surface area (Å²) in [5.74, 6) is -11.1. The van der Waals surface area contributed by atoms with E-state index in [0.717, 1.165) is 0 Å². The van der Waals surface area contributed by atoms with Gasteiger partial charge in [0.15, 0.2) is 0 Å². The van der Waals surface area contributed by atoms with Gasteiger partial charge in [-0.3, -0.25) is 19.2 Å². The van der Waals surface area contributed by atoms with Gasteiger partial charge in [0.2, 0.25) is 0 Å². The van der Waals surface area contributed by atoms with Crippen molar-refractivity contribution in [3.05, 3.63) is 0 Å². The van der Waals surface area contributed by atoms with Gasteiger partial charge < -0.3 is 18.9 Å². The minimum absolute atomic E-state index is 0.110. The van der Waals surface area contributed by atoms with Crippen LogP contribution in [0.3, 0.4) is 0 Å². The van der Waals surface area contributed by atoms with E-state index in [0.29, 0.717) is 0 Å². The van der Waals surface area contributed by atoms with E-state index in [-0.39, 0.29) is 26.4 Å². The average Bonchev–Trinajstić information content (AvgIpc) is 2.62. The second kappa shape index (κ2) is 12.6. The van der Waals surface area contributed by atoms with E-state index in [1.54, 1.807) is 0 Å². The van der Waals surface area contributed by atoms with Crippen molar-refractivity contribution in [1.29, 1.82) is 0 Å². The highest BCUT2D eigenvalue weighted by molar-refractivity contribution is 6.39. The maximum Gasteiger partial charge on any atom is 0.375 e. The number of ether oxygens (including phenoxy) is 4. The first-order valence-corrected chi connectivity index (χ1v) is 8.50. The molecule has 0 aromatic carbocycles. The van der Waals surface area contributed by atoms with Gasteiger partial charge in [-0.15, -0.1) is 0 Å². The first kappa shape index (κ1) is 24.2. The molecule has 0 saturated carbocycles. The zero-order valence-electron chi connectivity index (χ0n) is 15.8. The molecule has 0 aliphatic carbocycles. The van der Waals surface area contributed by atoms with Crippen LogP contribution in [-0.2, 0) is 47.7 Å². The second-order valence-electron chi connectivity index (χ2n) is 5.01. The van der Waals surface area contributed by atoms with Gasteiger partial charge in [0.25, 0.3) is 11.6 Å². The molecular weight excluding hydrogens is 364 g/mol. The molecule has 0 unspecified atom stereocenters. The molecule has 10 heteroatoms. The van der Waals surface area contributed by atoms with Crippen molar-refractivity contribution in [3.63, 3.8) is 0 Å². The predicted octanol–water partition coefficient (Wildman–Crippen LogP) is -0.000500. The Bertz CT molecular complexity index is 530. The topological polar surface area (TPSA) is 139 Å². The summed E-state index contributed by atoms with van der Waals surface area (Å²) < 4.78 is 18.6. The predicted molar refractivity (Wildman–Crippen MR) is 88.1 cm³/mol. The average molecular weight is 388 g/mol. The fourth-order valence-corrected chi connectivity index (χ4v) is 2.03. The molecule has 0 amide bonds. The van der Waals surface area contributed by atoms with Crippen molar-refractivity contribution in [1.82, 2.24) is 0 Å². The number of carbonyl (C=O) groups excluding carboxylic acids is 6. The van der Waals surface area contributed by atoms with Gasteiger partial charge in [-0.2, -0.15) is 0 Å². The lowest BCUT2D eigenvalue weighted by molar-refractivity contribution is -0.166. The zero-order chi connectivity index (χ0) is 21.0. The Morgan fingerprint density at radius 1 is 0.556 bits per heavy atom. The van der Waals surface area contributed by atoms with E-state index in [2.05, 4.69) is 9.47 Å². The Hall–Kier alpha value is -2.78. The summed E-state index contributed by atoms with van der Waals surface area (Å²) in [5.41, 5.74) is 0. The molecule has 0 saturated heterocycles. The molecule has 10 nitrogen and oxygen atoms in total. The molecule has 0 rings (SSSR count). The van der Waals surface area contributed by atoms with Gasteiger partial charge in [0.05, 0.1) is 26.4 Å². The van der Waals surface area contributed by atoms with Crippen molar-refractivity contribution < 1.29 is 47.7 Å². The molecule has 0 heterocycles. The minimum atomic E-state index is -1.81. The Morgan fingerprint density at radius 2 is 0.852 bits per heavy atom. The van der Waals surface area contributed by atoms with Crippen LogP contribution >= 0.6 is 0 Å². The van der Waals surface area contributed by atoms with Crippen LogP contribution in [0.25, 0.3) is 0 Å². The highest BCUT2D eigenvalue weighted by Gasteiger charge is 2.43. The third kappa shape index (κ3) is 7.55. The van der Waals surface area contributed by atoms with E-state index in [9.17, 15) is 28.8 Å². The smallest absolute Gasteiger partial charge is 0.375 e. The Morgan fingerprint density at radius 3 is 1.11 bits per heavy atom. The summed E-state index contributed by atoms with van der Waals surface area (Å²) in [6.45, 7) is 5.38. The Kier molecular flexibility index (Phi) is 11.3. The molecule has 0 aromatic heterocycles. The number of esters is 4. The molecule has 0 N–H and O–H groups in total. The van der Waals surface area contributed by atoms with E-state index < -0.39 is 53.7 Å². The lowest BCUT2D eigenvalue weighted by Gasteiger charge is -2.18. The minimum Gasteiger partial charge on any atom is -0.465 e. The van der Waals surface area contributed by atoms with Gasteiger partial charge in [0, 0.05) is 0 Å². The summed E-state index contributed by atoms with van der Waals surface area (Å²) in [7, 11) is 0. The van der Waals surface area contributed by atoms with Crippen LogP contribution in [0.1, 0.15) is 34.1 Å². The van der Waals surface area contributed by atoms with Crippen LogP contribution < -0.4 is 0 Å². The van der Waals surface area contributed by atoms with E-state index in [1.165, 1.54) is 27.7 Å². The van der Waals surface area contributed by atoms with Crippen LogP contribution in [-0.4, -0.2) is 61.9 Å². The van der Waals surface area contributed by atoms with E-state index in [1.807, 2.05) is 0 Å². The molecule has 0 radical (unpaired) electrons. The van der Waals surface area contributed by atoms with Crippen LogP contribution in [0.2, 0.25) is 0 Å². The Balaban J connectivity index is 5.74. The van der Waals surface area contributed by atoms with Gasteiger partial charge in [-0.1, -0.05) is 0 Å². The third-order valence-corrected chi connectivity index (χ3v) is 3.20. The summed E-state index contributed by atoms with van der Waals surface area (Å²) in [6.07, 6.45) is -0.785. The fourth-order valence-electron chi connectivity index (χ4n) is 2.03. The fraction of sp³-hybridized carbons (Fsp3) is 0.647. The number of rotatable bonds is 12. The van der Waals surface area contributed by atoms with E-state index >= 15 is 0 Å². The second-order valence-corrected chi connectivity index (χ2v) is 5.01. The maximum absolute atomic E-state index is 12.2. The third-order valence-electron chi connectivity index (χ3n) is 3.20. The van der Waals surface area contributed by atoms with Gasteiger partial charge in [0.1, 0.15) is 11.8 Å². The summed E-state index contributed by atoms with van der Waals surface area (Å²) >= 11 is 0. The molecule has 0 aromatic rings. The van der Waals surface area contributed by atoms with Gasteiger partial charge in [-0.25, -0.2) is 9.59 Å². The SMILES string of the molecule is CCOC(=O)C(=O)[C@H](C[C@@H](C(=O)OCC)C(=O)C(=O)OCC)C(=O)OCC. The molecule has 27 heavy (non-hydrogen) atoms. The van der Waals surface area contributed by atoms with Crippen LogP contribution in [0, 0.1) is 11.8 Å². The van der Waals surface area contributed by atoms with Crippen LogP contribution in [0.15, 0.2) is 0 Å². The van der Waals surface area contributed by atoms with Crippen molar-refractivity contribution >= 4 is 35.4 Å². The number of hydrogen-bond acceptors (Lipinski definition) is 10. The van der Waals surface area contributed by atoms with Gasteiger partial charge in [-0.05, 0) is 34.1 Å². The quantitative estimate of drug-likeness (QED) is 0.194. The van der Waals surface area contributed by atoms with Crippen molar-refractivity contribution in [2.75, 3.05) is 26.4 Å². The standard InChI is InChI=1S/C17H24O10/c1-5-24-14(20)10(12(18)16(22)26-7-3)9-11(15(21)25-6-2)13(19)17(23)27-8-4/h10-11H,5-9H2,1-4H3/t10-,11+. The van der Waals surface area contributed by atoms with Crippen molar-refractivity contribution in [3.8, 4) is 0 Å². The van der Waals surface area contributed by atoms with Gasteiger partial charge >= 0.3 is 23.9 Å². The molecule has 0 bridgehead atoms. The molecule has 152 valence electrons. The summed E-state index contributed by atoms with van der Waals surface area (Å²) in [4.78, 5) is 72.1. The Labute approximate surface area is 156 Å². The molecule has 0 aliphatic heterocycles. The lowest BCUT2D eigenvalue weighted by Crippen LogP contribution is -2.40. The lowest BCUT2D eigenvalue weighted by atomic mass is 9.88. The summed E-state index contributed by atoms with van der Waals surface area (Å²) in [5, 5.41) is 0. The first-order chi connectivity index (χ1) is 12.7. The normalized spacial score (nSPS) is 12.3. The highest BCUT2D eigenvalue weighted by atomic mass is 16.6. The first-order valence-electron chi connectivity index (χ1n) is 8.50. The maximum atomic E-state index is 12.2. The van der Waals surface area contributed by atoms with Crippen molar-refractivity contribution in [2.45, 2.75) is 34.1 Å². The molecule has 0 spiro atoms. The van der Waals surface area contributed by atoms with Crippen LogP contribution in [0.5, 0.6) is 0 Å². The van der Waals surface area contributed by atoms with E-state index in [4.69, 9.17) is 9.47 Å². The van der Waals surface area contributed by atoms with Crippen molar-refractivity contribution in [2.24, 2.45) is 11.8 Å². The molecule has 2 atom stereocenters. The van der Waals surface area contributed by atoms with Crippen LogP contribution in [0.4, 0.5) is 0 Å². The number of ketones is 2. The zero-order valence-corrected chi connectivity index (χ0v) is 15.8. The number of hydrogen-bond donors (Lipinski definition) is 0. The number of carbonyl (C=O) groups is 6. The molecular formula is C17H24O10. The largest absolute Gasteiger partial charge is 0.465 e. The monoisotopic (exact) mass is 388 g/mol. The highest BCUT2D eigenvalue weighted by Crippen LogP contribution is 2.20. The molecule has 0 fully saturated rings.